The van der Waals surface area contributed by atoms with Gasteiger partial charge in [0.2, 0.25) is 0 Å². The Kier molecular flexibility index (Phi) is 3.67. The second-order valence-electron chi connectivity index (χ2n) is 4.29. The first-order chi connectivity index (χ1) is 8.01. The SMILES string of the molecule is N=C(N)C1CN(S(=O)(=O)N2CCCC2)CCO1. The van der Waals surface area contributed by atoms with Crippen LogP contribution in [0.4, 0.5) is 0 Å². The van der Waals surface area contributed by atoms with Crippen molar-refractivity contribution in [3.8, 4) is 0 Å². The summed E-state index contributed by atoms with van der Waals surface area (Å²) in [4.78, 5) is 0. The summed E-state index contributed by atoms with van der Waals surface area (Å²) >= 11 is 0. The molecule has 2 aliphatic heterocycles. The zero-order valence-electron chi connectivity index (χ0n) is 9.63. The largest absolute Gasteiger partial charge is 0.385 e. The van der Waals surface area contributed by atoms with Gasteiger partial charge in [0.1, 0.15) is 11.9 Å². The second-order valence-corrected chi connectivity index (χ2v) is 6.22. The van der Waals surface area contributed by atoms with E-state index in [0.29, 0.717) is 19.6 Å². The molecular weight excluding hydrogens is 244 g/mol. The van der Waals surface area contributed by atoms with Crippen LogP contribution < -0.4 is 5.73 Å². The van der Waals surface area contributed by atoms with Crippen LogP contribution in [-0.4, -0.2) is 61.8 Å². The van der Waals surface area contributed by atoms with Crippen molar-refractivity contribution in [2.75, 3.05) is 32.8 Å². The Bertz CT molecular complexity index is 391. The minimum atomic E-state index is -3.39. The van der Waals surface area contributed by atoms with Crippen LogP contribution in [0.25, 0.3) is 0 Å². The van der Waals surface area contributed by atoms with E-state index >= 15 is 0 Å². The van der Waals surface area contributed by atoms with Gasteiger partial charge in [0.15, 0.2) is 0 Å². The van der Waals surface area contributed by atoms with Gasteiger partial charge in [0, 0.05) is 26.2 Å². The number of nitrogens with one attached hydrogen (secondary N) is 1. The fourth-order valence-corrected chi connectivity index (χ4v) is 3.78. The molecule has 2 aliphatic rings. The van der Waals surface area contributed by atoms with Crippen LogP contribution in [0.5, 0.6) is 0 Å². The lowest BCUT2D eigenvalue weighted by molar-refractivity contribution is 0.0349. The summed E-state index contributed by atoms with van der Waals surface area (Å²) in [5.41, 5.74) is 5.35. The van der Waals surface area contributed by atoms with Gasteiger partial charge in [0.05, 0.1) is 6.61 Å². The molecule has 0 aromatic rings. The summed E-state index contributed by atoms with van der Waals surface area (Å²) < 4.78 is 32.6. The van der Waals surface area contributed by atoms with Crippen LogP contribution in [0, 0.1) is 5.41 Å². The van der Waals surface area contributed by atoms with E-state index in [1.54, 1.807) is 0 Å². The predicted octanol–water partition coefficient (Wildman–Crippen LogP) is -1.04. The van der Waals surface area contributed by atoms with Crippen molar-refractivity contribution >= 4 is 16.0 Å². The van der Waals surface area contributed by atoms with Gasteiger partial charge in [-0.25, -0.2) is 0 Å². The summed E-state index contributed by atoms with van der Waals surface area (Å²) in [6.45, 7) is 1.95. The summed E-state index contributed by atoms with van der Waals surface area (Å²) in [6.07, 6.45) is 1.22. The Morgan fingerprint density at radius 1 is 1.24 bits per heavy atom. The Hall–Kier alpha value is -0.700. The molecular formula is C9H18N4O3S. The minimum Gasteiger partial charge on any atom is -0.385 e. The Morgan fingerprint density at radius 2 is 1.88 bits per heavy atom. The maximum absolute atomic E-state index is 12.2. The molecule has 2 saturated heterocycles. The molecule has 0 aliphatic carbocycles. The highest BCUT2D eigenvalue weighted by atomic mass is 32.2. The van der Waals surface area contributed by atoms with Crippen molar-refractivity contribution in [2.24, 2.45) is 5.73 Å². The normalized spacial score (nSPS) is 28.4. The average molecular weight is 262 g/mol. The van der Waals surface area contributed by atoms with Crippen molar-refractivity contribution in [3.05, 3.63) is 0 Å². The molecule has 0 saturated carbocycles. The van der Waals surface area contributed by atoms with Gasteiger partial charge in [0.25, 0.3) is 10.2 Å². The first kappa shape index (κ1) is 12.7. The van der Waals surface area contributed by atoms with Gasteiger partial charge >= 0.3 is 0 Å². The van der Waals surface area contributed by atoms with Crippen molar-refractivity contribution in [1.29, 1.82) is 5.41 Å². The van der Waals surface area contributed by atoms with Crippen LogP contribution in [0.2, 0.25) is 0 Å². The number of nitrogens with zero attached hydrogens (tertiary/aromatic N) is 2. The third-order valence-electron chi connectivity index (χ3n) is 3.09. The van der Waals surface area contributed by atoms with Crippen LogP contribution >= 0.6 is 0 Å². The fraction of sp³-hybridized carbons (Fsp3) is 0.889. The fourth-order valence-electron chi connectivity index (χ4n) is 2.11. The molecule has 0 bridgehead atoms. The number of nitrogens with two attached hydrogens (primary N) is 1. The van der Waals surface area contributed by atoms with Gasteiger partial charge in [-0.1, -0.05) is 0 Å². The standard InChI is InChI=1S/C9H18N4O3S/c10-9(11)8-7-13(5-6-16-8)17(14,15)12-3-1-2-4-12/h8H,1-7H2,(H3,10,11). The number of ether oxygens (including phenoxy) is 1. The third-order valence-corrected chi connectivity index (χ3v) is 5.10. The molecule has 2 rings (SSSR count). The quantitative estimate of drug-likeness (QED) is 0.501. The lowest BCUT2D eigenvalue weighted by Gasteiger charge is -2.33. The molecule has 1 unspecified atom stereocenters. The number of morpholine rings is 1. The van der Waals surface area contributed by atoms with Gasteiger partial charge in [-0.2, -0.15) is 17.0 Å². The Morgan fingerprint density at radius 3 is 2.47 bits per heavy atom. The molecule has 8 heteroatoms. The van der Waals surface area contributed by atoms with Gasteiger partial charge < -0.3 is 10.5 Å². The molecule has 98 valence electrons. The topological polar surface area (TPSA) is 99.7 Å². The monoisotopic (exact) mass is 262 g/mol. The van der Waals surface area contributed by atoms with Gasteiger partial charge in [-0.05, 0) is 12.8 Å². The van der Waals surface area contributed by atoms with E-state index in [4.69, 9.17) is 15.9 Å². The zero-order chi connectivity index (χ0) is 12.5. The summed E-state index contributed by atoms with van der Waals surface area (Å²) in [6, 6.07) is 0. The first-order valence-electron chi connectivity index (χ1n) is 5.72. The molecule has 0 aromatic carbocycles. The lowest BCUT2D eigenvalue weighted by Crippen LogP contribution is -2.53. The van der Waals surface area contributed by atoms with Gasteiger partial charge in [-0.15, -0.1) is 0 Å². The molecule has 3 N–H and O–H groups in total. The van der Waals surface area contributed by atoms with Crippen LogP contribution in [-0.2, 0) is 14.9 Å². The molecule has 7 nitrogen and oxygen atoms in total. The van der Waals surface area contributed by atoms with E-state index in [1.807, 2.05) is 0 Å². The third kappa shape index (κ3) is 2.59. The highest BCUT2D eigenvalue weighted by Crippen LogP contribution is 2.18. The molecule has 2 fully saturated rings. The molecule has 0 aromatic heterocycles. The van der Waals surface area contributed by atoms with Crippen LogP contribution in [0.3, 0.4) is 0 Å². The van der Waals surface area contributed by atoms with Crippen molar-refractivity contribution < 1.29 is 13.2 Å². The van der Waals surface area contributed by atoms with Crippen LogP contribution in [0.15, 0.2) is 0 Å². The number of hydrogen-bond acceptors (Lipinski definition) is 4. The molecule has 0 amide bonds. The van der Waals surface area contributed by atoms with Crippen molar-refractivity contribution in [1.82, 2.24) is 8.61 Å². The number of amidine groups is 1. The summed E-state index contributed by atoms with van der Waals surface area (Å²) in [5, 5.41) is 7.31. The van der Waals surface area contributed by atoms with Crippen LogP contribution in [0.1, 0.15) is 12.8 Å². The molecule has 17 heavy (non-hydrogen) atoms. The zero-order valence-corrected chi connectivity index (χ0v) is 10.4. The Balaban J connectivity index is 2.08. The predicted molar refractivity (Wildman–Crippen MR) is 63.0 cm³/mol. The van der Waals surface area contributed by atoms with E-state index in [-0.39, 0.29) is 19.0 Å². The number of hydrogen-bond donors (Lipinski definition) is 2. The average Bonchev–Trinajstić information content (AvgIpc) is 2.83. The molecule has 0 spiro atoms. The first-order valence-corrected chi connectivity index (χ1v) is 7.12. The number of rotatable bonds is 3. The maximum Gasteiger partial charge on any atom is 0.282 e. The van der Waals surface area contributed by atoms with E-state index < -0.39 is 16.3 Å². The van der Waals surface area contributed by atoms with E-state index in [9.17, 15) is 8.42 Å². The van der Waals surface area contributed by atoms with Gasteiger partial charge in [-0.3, -0.25) is 5.41 Å². The molecule has 1 atom stereocenters. The minimum absolute atomic E-state index is 0.119. The summed E-state index contributed by atoms with van der Waals surface area (Å²) in [7, 11) is -3.39. The van der Waals surface area contributed by atoms with E-state index in [1.165, 1.54) is 8.61 Å². The Labute approximate surface area is 101 Å². The molecule has 2 heterocycles. The molecule has 0 radical (unpaired) electrons. The summed E-state index contributed by atoms with van der Waals surface area (Å²) in [5.74, 6) is -0.119. The maximum atomic E-state index is 12.2. The van der Waals surface area contributed by atoms with E-state index in [2.05, 4.69) is 0 Å². The highest BCUT2D eigenvalue weighted by molar-refractivity contribution is 7.86. The van der Waals surface area contributed by atoms with E-state index in [0.717, 1.165) is 12.8 Å². The van der Waals surface area contributed by atoms with Crippen molar-refractivity contribution in [2.45, 2.75) is 18.9 Å². The highest BCUT2D eigenvalue weighted by Gasteiger charge is 2.35. The second kappa shape index (κ2) is 4.89. The smallest absolute Gasteiger partial charge is 0.282 e. The van der Waals surface area contributed by atoms with Crippen molar-refractivity contribution in [3.63, 3.8) is 0 Å². The lowest BCUT2D eigenvalue weighted by atomic mass is 10.3.